The van der Waals surface area contributed by atoms with Crippen molar-refractivity contribution in [3.63, 3.8) is 0 Å². The summed E-state index contributed by atoms with van der Waals surface area (Å²) in [5.41, 5.74) is 5.30. The monoisotopic (exact) mass is 431 g/mol. The maximum Gasteiger partial charge on any atom is 0.267 e. The van der Waals surface area contributed by atoms with E-state index in [4.69, 9.17) is 4.74 Å². The fourth-order valence-electron chi connectivity index (χ4n) is 4.29. The van der Waals surface area contributed by atoms with Crippen molar-refractivity contribution < 1.29 is 9.84 Å². The number of anilines is 1. The van der Waals surface area contributed by atoms with E-state index in [1.165, 1.54) is 10.9 Å². The number of hydrogen-bond donors (Lipinski definition) is 2. The predicted molar refractivity (Wildman–Crippen MR) is 124 cm³/mol. The molecule has 0 bridgehead atoms. The number of rotatable bonds is 3. The molecule has 0 atom stereocenters. The van der Waals surface area contributed by atoms with Crippen LogP contribution >= 0.6 is 0 Å². The minimum Gasteiger partial charge on any atom is -0.508 e. The first kappa shape index (κ1) is 20.3. The molecule has 0 aliphatic carbocycles. The number of fused-ring (bicyclic) bond motifs is 1. The molecule has 1 aliphatic rings. The number of H-pyrrole nitrogens is 1. The molecule has 1 saturated heterocycles. The highest BCUT2D eigenvalue weighted by atomic mass is 16.5. The first-order valence-corrected chi connectivity index (χ1v) is 10.6. The van der Waals surface area contributed by atoms with Crippen LogP contribution in [-0.2, 0) is 4.74 Å². The third kappa shape index (κ3) is 3.33. The number of hydrogen-bond acceptors (Lipinski definition) is 6. The molecule has 8 nitrogen and oxygen atoms in total. The van der Waals surface area contributed by atoms with E-state index in [-0.39, 0.29) is 11.3 Å². The van der Waals surface area contributed by atoms with Crippen molar-refractivity contribution in [1.29, 1.82) is 0 Å². The number of nitrogens with one attached hydrogen (secondary N) is 1. The number of nitrogens with zero attached hydrogens (tertiary/aromatic N) is 4. The molecule has 8 heteroatoms. The summed E-state index contributed by atoms with van der Waals surface area (Å²) in [4.78, 5) is 27.9. The standard InChI is InChI=1S/C24H25N5O3/c1-14-4-5-20(30)16(3)22(14)29-13-26-23-17(24(29)31)11-19(27-23)18-12-25-21(10-15(18)2)28-6-8-32-9-7-28/h4-5,10-13,27,30H,6-9H2,1-3H3. The third-order valence-corrected chi connectivity index (χ3v) is 6.12. The molecule has 4 aromatic rings. The van der Waals surface area contributed by atoms with Crippen molar-refractivity contribution in [3.8, 4) is 22.7 Å². The zero-order valence-electron chi connectivity index (χ0n) is 18.3. The number of aromatic amines is 1. The number of aryl methyl sites for hydroxylation is 2. The minimum absolute atomic E-state index is 0.148. The van der Waals surface area contributed by atoms with Crippen molar-refractivity contribution in [3.05, 3.63) is 63.8 Å². The normalized spacial score (nSPS) is 14.3. The van der Waals surface area contributed by atoms with E-state index in [1.807, 2.05) is 26.1 Å². The SMILES string of the molecule is Cc1cc(N2CCOCC2)ncc1-c1cc2c(=O)n(-c3c(C)ccc(O)c3C)cnc2[nH]1. The molecule has 0 amide bonds. The van der Waals surface area contributed by atoms with Gasteiger partial charge in [-0.2, -0.15) is 0 Å². The lowest BCUT2D eigenvalue weighted by Gasteiger charge is -2.28. The van der Waals surface area contributed by atoms with Gasteiger partial charge in [0.05, 0.1) is 24.3 Å². The van der Waals surface area contributed by atoms with Crippen LogP contribution in [0.2, 0.25) is 0 Å². The molecule has 3 aromatic heterocycles. The van der Waals surface area contributed by atoms with E-state index in [9.17, 15) is 9.90 Å². The molecular formula is C24H25N5O3. The van der Waals surface area contributed by atoms with Gasteiger partial charge in [-0.1, -0.05) is 6.07 Å². The van der Waals surface area contributed by atoms with Gasteiger partial charge < -0.3 is 19.7 Å². The molecule has 1 aliphatic heterocycles. The number of pyridine rings is 1. The van der Waals surface area contributed by atoms with Crippen LogP contribution in [0.1, 0.15) is 16.7 Å². The van der Waals surface area contributed by atoms with Crippen LogP contribution < -0.4 is 10.5 Å². The number of phenolic OH excluding ortho intramolecular Hbond substituents is 1. The number of aromatic nitrogens is 4. The molecule has 0 radical (unpaired) electrons. The van der Waals surface area contributed by atoms with Gasteiger partial charge in [-0.15, -0.1) is 0 Å². The summed E-state index contributed by atoms with van der Waals surface area (Å²) in [6, 6.07) is 7.32. The fourth-order valence-corrected chi connectivity index (χ4v) is 4.29. The van der Waals surface area contributed by atoms with Gasteiger partial charge in [0.25, 0.3) is 5.56 Å². The molecule has 1 fully saturated rings. The third-order valence-electron chi connectivity index (χ3n) is 6.12. The van der Waals surface area contributed by atoms with Gasteiger partial charge in [0.1, 0.15) is 23.5 Å². The Balaban J connectivity index is 1.57. The second-order valence-corrected chi connectivity index (χ2v) is 8.20. The number of morpholine rings is 1. The molecular weight excluding hydrogens is 406 g/mol. The Morgan fingerprint density at radius 3 is 2.59 bits per heavy atom. The summed E-state index contributed by atoms with van der Waals surface area (Å²) in [5.74, 6) is 1.08. The average molecular weight is 431 g/mol. The van der Waals surface area contributed by atoms with Gasteiger partial charge in [0.2, 0.25) is 0 Å². The van der Waals surface area contributed by atoms with Crippen molar-refractivity contribution in [1.82, 2.24) is 19.5 Å². The molecule has 0 saturated carbocycles. The zero-order valence-corrected chi connectivity index (χ0v) is 18.3. The van der Waals surface area contributed by atoms with Crippen LogP contribution in [0.3, 0.4) is 0 Å². The number of aromatic hydroxyl groups is 1. The van der Waals surface area contributed by atoms with Crippen LogP contribution in [0.25, 0.3) is 28.0 Å². The van der Waals surface area contributed by atoms with Gasteiger partial charge in [0.15, 0.2) is 0 Å². The van der Waals surface area contributed by atoms with Crippen LogP contribution in [0.5, 0.6) is 5.75 Å². The largest absolute Gasteiger partial charge is 0.508 e. The summed E-state index contributed by atoms with van der Waals surface area (Å²) in [5, 5.41) is 10.6. The van der Waals surface area contributed by atoms with Crippen LogP contribution in [0.15, 0.2) is 41.6 Å². The minimum atomic E-state index is -0.190. The van der Waals surface area contributed by atoms with Gasteiger partial charge in [-0.05, 0) is 50.1 Å². The average Bonchev–Trinajstić information content (AvgIpc) is 3.23. The topological polar surface area (TPSA) is 96.3 Å². The lowest BCUT2D eigenvalue weighted by atomic mass is 10.1. The van der Waals surface area contributed by atoms with Crippen molar-refractivity contribution in [2.45, 2.75) is 20.8 Å². The highest BCUT2D eigenvalue weighted by molar-refractivity contribution is 5.83. The smallest absolute Gasteiger partial charge is 0.267 e. The van der Waals surface area contributed by atoms with E-state index in [1.54, 1.807) is 19.1 Å². The first-order valence-electron chi connectivity index (χ1n) is 10.6. The number of ether oxygens (including phenoxy) is 1. The molecule has 2 N–H and O–H groups in total. The van der Waals surface area contributed by atoms with Crippen molar-refractivity contribution >= 4 is 16.9 Å². The summed E-state index contributed by atoms with van der Waals surface area (Å²) < 4.78 is 6.92. The van der Waals surface area contributed by atoms with E-state index >= 15 is 0 Å². The van der Waals surface area contributed by atoms with Crippen molar-refractivity contribution in [2.24, 2.45) is 0 Å². The highest BCUT2D eigenvalue weighted by Crippen LogP contribution is 2.29. The maximum atomic E-state index is 13.3. The molecule has 0 unspecified atom stereocenters. The highest BCUT2D eigenvalue weighted by Gasteiger charge is 2.17. The summed E-state index contributed by atoms with van der Waals surface area (Å²) >= 11 is 0. The Hall–Kier alpha value is -3.65. The van der Waals surface area contributed by atoms with Crippen LogP contribution in [-0.4, -0.2) is 50.9 Å². The Kier molecular flexibility index (Phi) is 4.94. The summed E-state index contributed by atoms with van der Waals surface area (Å²) in [6.07, 6.45) is 3.35. The lowest BCUT2D eigenvalue weighted by Crippen LogP contribution is -2.36. The van der Waals surface area contributed by atoms with E-state index in [0.717, 1.165) is 41.3 Å². The first-order chi connectivity index (χ1) is 15.4. The molecule has 32 heavy (non-hydrogen) atoms. The van der Waals surface area contributed by atoms with Gasteiger partial charge in [-0.25, -0.2) is 9.97 Å². The molecule has 0 spiro atoms. The predicted octanol–water partition coefficient (Wildman–Crippen LogP) is 3.24. The Labute approximate surface area is 185 Å². The maximum absolute atomic E-state index is 13.3. The Bertz CT molecular complexity index is 1380. The van der Waals surface area contributed by atoms with Crippen molar-refractivity contribution in [2.75, 3.05) is 31.2 Å². The van der Waals surface area contributed by atoms with Gasteiger partial charge in [-0.3, -0.25) is 9.36 Å². The number of phenols is 1. The fraction of sp³-hybridized carbons (Fsp3) is 0.292. The van der Waals surface area contributed by atoms with E-state index in [2.05, 4.69) is 25.9 Å². The van der Waals surface area contributed by atoms with E-state index < -0.39 is 0 Å². The number of benzene rings is 1. The second kappa shape index (κ2) is 7.80. The van der Waals surface area contributed by atoms with Crippen LogP contribution in [0, 0.1) is 20.8 Å². The summed E-state index contributed by atoms with van der Waals surface area (Å²) in [6.45, 7) is 8.82. The molecule has 5 rings (SSSR count). The quantitative estimate of drug-likeness (QED) is 0.517. The Morgan fingerprint density at radius 1 is 1.06 bits per heavy atom. The molecule has 4 heterocycles. The van der Waals surface area contributed by atoms with E-state index in [0.29, 0.717) is 35.5 Å². The molecule has 1 aromatic carbocycles. The summed E-state index contributed by atoms with van der Waals surface area (Å²) in [7, 11) is 0. The zero-order chi connectivity index (χ0) is 22.4. The van der Waals surface area contributed by atoms with Crippen LogP contribution in [0.4, 0.5) is 5.82 Å². The Morgan fingerprint density at radius 2 is 1.84 bits per heavy atom. The van der Waals surface area contributed by atoms with Gasteiger partial charge in [0, 0.05) is 36.1 Å². The van der Waals surface area contributed by atoms with Gasteiger partial charge >= 0.3 is 0 Å². The molecule has 164 valence electrons. The second-order valence-electron chi connectivity index (χ2n) is 8.20. The lowest BCUT2D eigenvalue weighted by molar-refractivity contribution is 0.122.